The second-order valence-corrected chi connectivity index (χ2v) is 5.90. The Hall–Kier alpha value is -3.75. The van der Waals surface area contributed by atoms with E-state index >= 15 is 0 Å². The Balaban J connectivity index is 1.51. The van der Waals surface area contributed by atoms with E-state index in [4.69, 9.17) is 18.9 Å². The summed E-state index contributed by atoms with van der Waals surface area (Å²) in [4.78, 5) is 14.8. The van der Waals surface area contributed by atoms with Crippen LogP contribution in [0.1, 0.15) is 0 Å². The van der Waals surface area contributed by atoms with Gasteiger partial charge < -0.3 is 29.0 Å². The monoisotopic (exact) mass is 383 g/mol. The summed E-state index contributed by atoms with van der Waals surface area (Å²) in [5.74, 6) is 1.22. The molecule has 3 aromatic rings. The van der Waals surface area contributed by atoms with Crippen LogP contribution < -0.4 is 18.9 Å². The van der Waals surface area contributed by atoms with Crippen molar-refractivity contribution in [1.29, 1.82) is 0 Å². The molecule has 2 heterocycles. The molecule has 0 fully saturated rings. The summed E-state index contributed by atoms with van der Waals surface area (Å²) in [6.07, 6.45) is 0. The van der Waals surface area contributed by atoms with E-state index in [2.05, 4.69) is 15.2 Å². The predicted molar refractivity (Wildman–Crippen MR) is 99.0 cm³/mol. The minimum absolute atomic E-state index is 0.137. The number of carbonyl (C=O) groups is 1. The van der Waals surface area contributed by atoms with Crippen molar-refractivity contribution in [2.45, 2.75) is 0 Å². The maximum atomic E-state index is 12.0. The number of fused-ring (bicyclic) bond motifs is 2. The summed E-state index contributed by atoms with van der Waals surface area (Å²) in [6, 6.07) is 10.3. The largest absolute Gasteiger partial charge is 0.493 e. The average molecular weight is 383 g/mol. The molecule has 9 heteroatoms. The molecule has 144 valence electrons. The predicted octanol–water partition coefficient (Wildman–Crippen LogP) is 3.34. The van der Waals surface area contributed by atoms with Crippen LogP contribution in [0.15, 0.2) is 46.6 Å². The van der Waals surface area contributed by atoms with Crippen molar-refractivity contribution in [3.05, 3.63) is 36.4 Å². The van der Waals surface area contributed by atoms with Crippen LogP contribution in [0.5, 0.6) is 28.9 Å². The Morgan fingerprint density at radius 2 is 1.89 bits per heavy atom. The highest BCUT2D eigenvalue weighted by molar-refractivity contribution is 5.96. The van der Waals surface area contributed by atoms with Crippen molar-refractivity contribution < 1.29 is 28.8 Å². The number of azo groups is 1. The van der Waals surface area contributed by atoms with E-state index in [0.717, 1.165) is 0 Å². The molecule has 1 aromatic heterocycles. The van der Waals surface area contributed by atoms with Gasteiger partial charge in [0, 0.05) is 11.5 Å². The summed E-state index contributed by atoms with van der Waals surface area (Å²) in [5.41, 5.74) is 0.728. The number of carbonyl (C=O) groups excluding carboxylic acids is 1. The van der Waals surface area contributed by atoms with Crippen molar-refractivity contribution in [2.24, 2.45) is 10.2 Å². The Kier molecular flexibility index (Phi) is 4.71. The number of hydrogen-bond donors (Lipinski definition) is 2. The fourth-order valence-electron chi connectivity index (χ4n) is 2.82. The zero-order chi connectivity index (χ0) is 19.5. The first-order chi connectivity index (χ1) is 13.7. The topological polar surface area (TPSA) is 115 Å². The number of para-hydroxylation sites is 2. The van der Waals surface area contributed by atoms with E-state index < -0.39 is 5.91 Å². The molecule has 0 saturated carbocycles. The first-order valence-corrected chi connectivity index (χ1v) is 8.50. The van der Waals surface area contributed by atoms with Gasteiger partial charge in [0.25, 0.3) is 0 Å². The summed E-state index contributed by atoms with van der Waals surface area (Å²) in [7, 11) is 1.51. The number of aromatic hydroxyl groups is 1. The lowest BCUT2D eigenvalue weighted by atomic mass is 10.2. The minimum atomic E-state index is -0.614. The van der Waals surface area contributed by atoms with Gasteiger partial charge in [0.15, 0.2) is 35.3 Å². The zero-order valence-corrected chi connectivity index (χ0v) is 15.0. The number of benzene rings is 2. The summed E-state index contributed by atoms with van der Waals surface area (Å²) in [5, 5.41) is 18.2. The molecule has 1 aliphatic rings. The Morgan fingerprint density at radius 3 is 2.64 bits per heavy atom. The van der Waals surface area contributed by atoms with Crippen LogP contribution in [-0.2, 0) is 4.79 Å². The van der Waals surface area contributed by atoms with Crippen molar-refractivity contribution >= 4 is 22.5 Å². The maximum absolute atomic E-state index is 12.0. The number of H-pyrrole nitrogens is 1. The normalized spacial score (nSPS) is 13.0. The van der Waals surface area contributed by atoms with Crippen molar-refractivity contribution in [3.8, 4) is 28.9 Å². The number of nitrogens with zero attached hydrogens (tertiary/aromatic N) is 2. The zero-order valence-electron chi connectivity index (χ0n) is 15.0. The molecule has 0 atom stereocenters. The average Bonchev–Trinajstić information content (AvgIpc) is 3.03. The summed E-state index contributed by atoms with van der Waals surface area (Å²) < 4.78 is 21.6. The third-order valence-electron chi connectivity index (χ3n) is 4.10. The molecule has 1 aliphatic heterocycles. The smallest absolute Gasteiger partial charge is 0.302 e. The van der Waals surface area contributed by atoms with E-state index in [1.165, 1.54) is 7.11 Å². The number of ether oxygens (including phenoxy) is 4. The maximum Gasteiger partial charge on any atom is 0.302 e. The Morgan fingerprint density at radius 1 is 1.18 bits per heavy atom. The highest BCUT2D eigenvalue weighted by Gasteiger charge is 2.18. The number of aromatic nitrogens is 1. The lowest BCUT2D eigenvalue weighted by molar-refractivity contribution is -0.120. The van der Waals surface area contributed by atoms with Crippen LogP contribution in [0, 0.1) is 0 Å². The number of methoxy groups -OCH3 is 1. The van der Waals surface area contributed by atoms with Gasteiger partial charge in [-0.05, 0) is 18.2 Å². The Labute approximate surface area is 159 Å². The van der Waals surface area contributed by atoms with Crippen LogP contribution in [0.2, 0.25) is 0 Å². The molecule has 0 saturated heterocycles. The molecule has 4 rings (SSSR count). The molecule has 28 heavy (non-hydrogen) atoms. The van der Waals surface area contributed by atoms with E-state index in [1.807, 2.05) is 0 Å². The molecule has 0 unspecified atom stereocenters. The highest BCUT2D eigenvalue weighted by Crippen LogP contribution is 2.42. The molecule has 2 aromatic carbocycles. The van der Waals surface area contributed by atoms with Gasteiger partial charge in [-0.2, -0.15) is 0 Å². The van der Waals surface area contributed by atoms with Crippen LogP contribution >= 0.6 is 0 Å². The third-order valence-corrected chi connectivity index (χ3v) is 4.10. The minimum Gasteiger partial charge on any atom is -0.493 e. The summed E-state index contributed by atoms with van der Waals surface area (Å²) >= 11 is 0. The van der Waals surface area contributed by atoms with E-state index in [9.17, 15) is 9.90 Å². The van der Waals surface area contributed by atoms with Crippen LogP contribution in [0.4, 0.5) is 5.69 Å². The molecule has 1 amide bonds. The van der Waals surface area contributed by atoms with Gasteiger partial charge in [0.05, 0.1) is 12.6 Å². The van der Waals surface area contributed by atoms with Gasteiger partial charge in [-0.3, -0.25) is 4.79 Å². The molecule has 0 radical (unpaired) electrons. The molecule has 0 bridgehead atoms. The second-order valence-electron chi connectivity index (χ2n) is 5.90. The van der Waals surface area contributed by atoms with Crippen molar-refractivity contribution in [3.63, 3.8) is 0 Å². The van der Waals surface area contributed by atoms with Crippen LogP contribution in [0.25, 0.3) is 10.9 Å². The fourth-order valence-corrected chi connectivity index (χ4v) is 2.82. The summed E-state index contributed by atoms with van der Waals surface area (Å²) in [6.45, 7) is 0.572. The standard InChI is InChI=1S/C19H17N3O6/c1-25-13-4-2-3-5-14(13)28-10-17(23)21-22-18-11-8-15-16(27-7-6-26-15)9-12(11)20-19(18)24/h2-5,8-9,20,24H,6-7,10H2,1H3. The van der Waals surface area contributed by atoms with E-state index in [-0.39, 0.29) is 18.2 Å². The van der Waals surface area contributed by atoms with Gasteiger partial charge in [-0.1, -0.05) is 12.1 Å². The molecule has 9 nitrogen and oxygen atoms in total. The number of rotatable bonds is 5. The second kappa shape index (κ2) is 7.47. The molecular formula is C19H17N3O6. The first-order valence-electron chi connectivity index (χ1n) is 8.50. The molecule has 0 spiro atoms. The van der Waals surface area contributed by atoms with Crippen molar-refractivity contribution in [1.82, 2.24) is 4.98 Å². The first kappa shape index (κ1) is 17.7. The number of aromatic amines is 1. The molecule has 2 N–H and O–H groups in total. The van der Waals surface area contributed by atoms with Gasteiger partial charge in [-0.15, -0.1) is 10.2 Å². The van der Waals surface area contributed by atoms with Gasteiger partial charge in [0.2, 0.25) is 5.88 Å². The van der Waals surface area contributed by atoms with Gasteiger partial charge >= 0.3 is 5.91 Å². The highest BCUT2D eigenvalue weighted by atomic mass is 16.6. The van der Waals surface area contributed by atoms with Crippen LogP contribution in [-0.4, -0.2) is 42.9 Å². The molecule has 0 aliphatic carbocycles. The number of nitrogens with one attached hydrogen (secondary N) is 1. The number of hydrogen-bond acceptors (Lipinski definition) is 7. The number of amides is 1. The molecular weight excluding hydrogens is 366 g/mol. The fraction of sp³-hybridized carbons (Fsp3) is 0.211. The van der Waals surface area contributed by atoms with Crippen molar-refractivity contribution in [2.75, 3.05) is 26.9 Å². The SMILES string of the molecule is COc1ccccc1OCC(=O)N=Nc1c(O)[nH]c2cc3c(cc12)OCCO3. The van der Waals surface area contributed by atoms with E-state index in [0.29, 0.717) is 47.1 Å². The quantitative estimate of drug-likeness (QED) is 0.653. The van der Waals surface area contributed by atoms with Gasteiger partial charge in [-0.25, -0.2) is 0 Å². The third kappa shape index (κ3) is 3.41. The lowest BCUT2D eigenvalue weighted by Gasteiger charge is -2.17. The Bertz CT molecular complexity index is 1060. The van der Waals surface area contributed by atoms with E-state index in [1.54, 1.807) is 36.4 Å². The van der Waals surface area contributed by atoms with Crippen LogP contribution in [0.3, 0.4) is 0 Å². The van der Waals surface area contributed by atoms with Gasteiger partial charge in [0.1, 0.15) is 13.2 Å². The lowest BCUT2D eigenvalue weighted by Crippen LogP contribution is -2.15.